The van der Waals surface area contributed by atoms with Crippen molar-refractivity contribution in [2.24, 2.45) is 4.99 Å². The first kappa shape index (κ1) is 19.8. The Balaban J connectivity index is 1.62. The van der Waals surface area contributed by atoms with E-state index in [2.05, 4.69) is 20.0 Å². The maximum Gasteiger partial charge on any atom is 0.233 e. The van der Waals surface area contributed by atoms with Crippen LogP contribution in [-0.4, -0.2) is 68.3 Å². The van der Waals surface area contributed by atoms with E-state index in [0.717, 1.165) is 30.1 Å². The Bertz CT molecular complexity index is 982. The van der Waals surface area contributed by atoms with Gasteiger partial charge in [0.05, 0.1) is 26.9 Å². The number of methoxy groups -OCH3 is 1. The van der Waals surface area contributed by atoms with Crippen LogP contribution < -0.4 is 14.5 Å². The van der Waals surface area contributed by atoms with E-state index < -0.39 is 0 Å². The lowest BCUT2D eigenvalue weighted by Crippen LogP contribution is -2.37. The number of hydrogen-bond donors (Lipinski definition) is 0. The van der Waals surface area contributed by atoms with Gasteiger partial charge in [0.15, 0.2) is 0 Å². The summed E-state index contributed by atoms with van der Waals surface area (Å²) < 4.78 is 16.3. The third-order valence-corrected chi connectivity index (χ3v) is 4.79. The molecule has 156 valence electrons. The number of nitrogens with zero attached hydrogens (tertiary/aromatic N) is 6. The maximum absolute atomic E-state index is 5.66. The fourth-order valence-electron chi connectivity index (χ4n) is 3.16. The van der Waals surface area contributed by atoms with Crippen molar-refractivity contribution in [1.29, 1.82) is 0 Å². The summed E-state index contributed by atoms with van der Waals surface area (Å²) in [4.78, 5) is 17.3. The molecule has 1 saturated heterocycles. The van der Waals surface area contributed by atoms with E-state index in [0.29, 0.717) is 37.4 Å². The predicted octanol–water partition coefficient (Wildman–Crippen LogP) is 2.82. The molecule has 1 aromatic carbocycles. The molecule has 0 saturated carbocycles. The summed E-state index contributed by atoms with van der Waals surface area (Å²) >= 11 is 0. The van der Waals surface area contributed by atoms with Crippen LogP contribution in [0.1, 0.15) is 0 Å². The molecule has 0 aliphatic carbocycles. The van der Waals surface area contributed by atoms with Crippen LogP contribution in [0.15, 0.2) is 52.1 Å². The van der Waals surface area contributed by atoms with Crippen LogP contribution in [0.2, 0.25) is 0 Å². The molecule has 1 fully saturated rings. The minimum absolute atomic E-state index is 0.493. The molecule has 3 aromatic rings. The SMILES string of the molecule is CN=CCN(c1ccnc(N2CCOCC2)n1)c1cc(-c2ccc(OC)cc2)no1. The smallest absolute Gasteiger partial charge is 0.233 e. The number of rotatable bonds is 7. The predicted molar refractivity (Wildman–Crippen MR) is 115 cm³/mol. The Morgan fingerprint density at radius 3 is 2.73 bits per heavy atom. The maximum atomic E-state index is 5.66. The van der Waals surface area contributed by atoms with Gasteiger partial charge in [0.25, 0.3) is 0 Å². The van der Waals surface area contributed by atoms with Crippen LogP contribution in [0.5, 0.6) is 5.75 Å². The van der Waals surface area contributed by atoms with Gasteiger partial charge in [-0.05, 0) is 30.3 Å². The minimum atomic E-state index is 0.493. The van der Waals surface area contributed by atoms with Gasteiger partial charge in [-0.25, -0.2) is 4.98 Å². The highest BCUT2D eigenvalue weighted by atomic mass is 16.5. The van der Waals surface area contributed by atoms with Crippen LogP contribution in [-0.2, 0) is 4.74 Å². The Labute approximate surface area is 175 Å². The highest BCUT2D eigenvalue weighted by Gasteiger charge is 2.19. The molecule has 0 unspecified atom stereocenters. The zero-order chi connectivity index (χ0) is 20.8. The summed E-state index contributed by atoms with van der Waals surface area (Å²) in [5.41, 5.74) is 1.67. The Morgan fingerprint density at radius 2 is 2.00 bits per heavy atom. The molecule has 3 heterocycles. The summed E-state index contributed by atoms with van der Waals surface area (Å²) in [7, 11) is 3.38. The number of anilines is 3. The van der Waals surface area contributed by atoms with Gasteiger partial charge >= 0.3 is 0 Å². The molecule has 0 N–H and O–H groups in total. The van der Waals surface area contributed by atoms with Gasteiger partial charge in [0, 0.05) is 44.2 Å². The van der Waals surface area contributed by atoms with Crippen LogP contribution >= 0.6 is 0 Å². The normalized spacial score (nSPS) is 14.3. The molecular formula is C21H24N6O3. The van der Waals surface area contributed by atoms with Crippen molar-refractivity contribution < 1.29 is 14.0 Å². The Kier molecular flexibility index (Phi) is 6.19. The van der Waals surface area contributed by atoms with Crippen molar-refractivity contribution in [3.05, 3.63) is 42.6 Å². The van der Waals surface area contributed by atoms with E-state index in [9.17, 15) is 0 Å². The van der Waals surface area contributed by atoms with Crippen molar-refractivity contribution >= 4 is 23.9 Å². The van der Waals surface area contributed by atoms with E-state index in [-0.39, 0.29) is 0 Å². The number of aromatic nitrogens is 3. The van der Waals surface area contributed by atoms with Gasteiger partial charge in [0.2, 0.25) is 11.8 Å². The molecular weight excluding hydrogens is 384 g/mol. The largest absolute Gasteiger partial charge is 0.497 e. The molecule has 9 nitrogen and oxygen atoms in total. The number of ether oxygens (including phenoxy) is 2. The standard InChI is InChI=1S/C21H24N6O3/c1-22-9-10-27(19-7-8-23-21(24-19)26-11-13-29-14-12-26)20-15-18(25-30-20)16-3-5-17(28-2)6-4-16/h3-9,15H,10-14H2,1-2H3. The fourth-order valence-corrected chi connectivity index (χ4v) is 3.16. The zero-order valence-electron chi connectivity index (χ0n) is 17.1. The summed E-state index contributed by atoms with van der Waals surface area (Å²) in [5.74, 6) is 2.75. The number of hydrogen-bond acceptors (Lipinski definition) is 9. The first-order valence-electron chi connectivity index (χ1n) is 9.73. The van der Waals surface area contributed by atoms with Crippen LogP contribution in [0.25, 0.3) is 11.3 Å². The zero-order valence-corrected chi connectivity index (χ0v) is 17.1. The van der Waals surface area contributed by atoms with E-state index in [1.807, 2.05) is 41.3 Å². The highest BCUT2D eigenvalue weighted by molar-refractivity contribution is 5.72. The molecule has 9 heteroatoms. The molecule has 0 spiro atoms. The minimum Gasteiger partial charge on any atom is -0.497 e. The Hall–Kier alpha value is -3.46. The van der Waals surface area contributed by atoms with Gasteiger partial charge in [-0.1, -0.05) is 5.16 Å². The molecule has 1 aliphatic rings. The first-order valence-corrected chi connectivity index (χ1v) is 9.73. The van der Waals surface area contributed by atoms with Crippen LogP contribution in [0.3, 0.4) is 0 Å². The van der Waals surface area contributed by atoms with Gasteiger partial charge < -0.3 is 18.9 Å². The fraction of sp³-hybridized carbons (Fsp3) is 0.333. The molecule has 0 amide bonds. The molecule has 0 atom stereocenters. The van der Waals surface area contributed by atoms with Crippen molar-refractivity contribution in [2.45, 2.75) is 0 Å². The third kappa shape index (κ3) is 4.41. The van der Waals surface area contributed by atoms with Gasteiger partial charge in [0.1, 0.15) is 17.3 Å². The third-order valence-electron chi connectivity index (χ3n) is 4.79. The molecule has 2 aromatic heterocycles. The van der Waals surface area contributed by atoms with E-state index in [1.54, 1.807) is 26.6 Å². The number of aliphatic imine (C=N–C) groups is 1. The van der Waals surface area contributed by atoms with Crippen LogP contribution in [0, 0.1) is 0 Å². The second-order valence-electron chi connectivity index (χ2n) is 6.64. The average molecular weight is 408 g/mol. The van der Waals surface area contributed by atoms with E-state index >= 15 is 0 Å². The van der Waals surface area contributed by atoms with Gasteiger partial charge in [-0.15, -0.1) is 0 Å². The van der Waals surface area contributed by atoms with Crippen molar-refractivity contribution in [2.75, 3.05) is 56.8 Å². The molecule has 0 radical (unpaired) electrons. The highest BCUT2D eigenvalue weighted by Crippen LogP contribution is 2.29. The van der Waals surface area contributed by atoms with Crippen molar-refractivity contribution in [1.82, 2.24) is 15.1 Å². The number of benzene rings is 1. The topological polar surface area (TPSA) is 89.1 Å². The lowest BCUT2D eigenvalue weighted by Gasteiger charge is -2.27. The average Bonchev–Trinajstić information content (AvgIpc) is 3.30. The van der Waals surface area contributed by atoms with Crippen LogP contribution in [0.4, 0.5) is 17.7 Å². The quantitative estimate of drug-likeness (QED) is 0.552. The van der Waals surface area contributed by atoms with E-state index in [1.165, 1.54) is 0 Å². The lowest BCUT2D eigenvalue weighted by molar-refractivity contribution is 0.122. The summed E-state index contributed by atoms with van der Waals surface area (Å²) in [6.07, 6.45) is 3.55. The first-order chi connectivity index (χ1) is 14.8. The van der Waals surface area contributed by atoms with Crippen molar-refractivity contribution in [3.8, 4) is 17.0 Å². The summed E-state index contributed by atoms with van der Waals surface area (Å²) in [6.45, 7) is 3.38. The molecule has 0 bridgehead atoms. The second-order valence-corrected chi connectivity index (χ2v) is 6.64. The molecule has 30 heavy (non-hydrogen) atoms. The van der Waals surface area contributed by atoms with Gasteiger partial charge in [-0.3, -0.25) is 9.89 Å². The molecule has 4 rings (SSSR count). The molecule has 1 aliphatic heterocycles. The lowest BCUT2D eigenvalue weighted by atomic mass is 10.1. The summed E-state index contributed by atoms with van der Waals surface area (Å²) in [5, 5.41) is 4.24. The summed E-state index contributed by atoms with van der Waals surface area (Å²) in [6, 6.07) is 11.4. The monoisotopic (exact) mass is 408 g/mol. The van der Waals surface area contributed by atoms with E-state index in [4.69, 9.17) is 19.0 Å². The second kappa shape index (κ2) is 9.36. The Morgan fingerprint density at radius 1 is 1.20 bits per heavy atom. The van der Waals surface area contributed by atoms with Gasteiger partial charge in [-0.2, -0.15) is 4.98 Å². The van der Waals surface area contributed by atoms with Crippen molar-refractivity contribution in [3.63, 3.8) is 0 Å². The number of morpholine rings is 1.